The number of aliphatic hydroxyl groups is 1. The first-order valence-electron chi connectivity index (χ1n) is 4.29. The van der Waals surface area contributed by atoms with Crippen molar-refractivity contribution in [2.24, 2.45) is 0 Å². The molecule has 1 unspecified atom stereocenters. The number of hydrogen-bond acceptors (Lipinski definition) is 2. The Morgan fingerprint density at radius 1 is 1.23 bits per heavy atom. The highest BCUT2D eigenvalue weighted by Crippen LogP contribution is 2.18. The van der Waals surface area contributed by atoms with Gasteiger partial charge in [-0.15, -0.1) is 0 Å². The fourth-order valence-electron chi connectivity index (χ4n) is 1.36. The van der Waals surface area contributed by atoms with Crippen LogP contribution in [-0.4, -0.2) is 10.1 Å². The van der Waals surface area contributed by atoms with Crippen LogP contribution in [0.5, 0.6) is 0 Å². The van der Waals surface area contributed by atoms with E-state index in [1.54, 1.807) is 13.1 Å². The van der Waals surface area contributed by atoms with Crippen LogP contribution in [0.2, 0.25) is 0 Å². The topological polar surface area (TPSA) is 33.1 Å². The van der Waals surface area contributed by atoms with Crippen LogP contribution in [0, 0.1) is 0 Å². The van der Waals surface area contributed by atoms with Crippen LogP contribution >= 0.6 is 0 Å². The molecule has 2 rings (SSSR count). The van der Waals surface area contributed by atoms with Gasteiger partial charge in [0.1, 0.15) is 0 Å². The Bertz CT molecular complexity index is 423. The third kappa shape index (κ3) is 1.53. The van der Waals surface area contributed by atoms with Crippen molar-refractivity contribution in [3.8, 4) is 0 Å². The summed E-state index contributed by atoms with van der Waals surface area (Å²) < 4.78 is 0. The third-order valence-corrected chi connectivity index (χ3v) is 2.15. The van der Waals surface area contributed by atoms with E-state index in [4.69, 9.17) is 0 Å². The van der Waals surface area contributed by atoms with Crippen LogP contribution in [0.25, 0.3) is 10.8 Å². The van der Waals surface area contributed by atoms with Gasteiger partial charge in [0.2, 0.25) is 0 Å². The highest BCUT2D eigenvalue weighted by atomic mass is 16.3. The van der Waals surface area contributed by atoms with Gasteiger partial charge in [0.05, 0.1) is 6.10 Å². The molecule has 0 amide bonds. The van der Waals surface area contributed by atoms with Crippen molar-refractivity contribution in [3.63, 3.8) is 0 Å². The molecule has 0 saturated carbocycles. The van der Waals surface area contributed by atoms with Crippen molar-refractivity contribution < 1.29 is 5.11 Å². The Labute approximate surface area is 76.9 Å². The summed E-state index contributed by atoms with van der Waals surface area (Å²) in [6, 6.07) is 7.84. The summed E-state index contributed by atoms with van der Waals surface area (Å²) in [4.78, 5) is 4.02. The summed E-state index contributed by atoms with van der Waals surface area (Å²) in [6.07, 6.45) is 3.17. The van der Waals surface area contributed by atoms with Gasteiger partial charge < -0.3 is 5.11 Å². The lowest BCUT2D eigenvalue weighted by atomic mass is 10.1. The molecule has 2 aromatic rings. The number of pyridine rings is 1. The van der Waals surface area contributed by atoms with Gasteiger partial charge >= 0.3 is 0 Å². The molecule has 1 heterocycles. The van der Waals surface area contributed by atoms with Crippen LogP contribution in [0.1, 0.15) is 18.6 Å². The minimum atomic E-state index is -0.405. The van der Waals surface area contributed by atoms with E-state index < -0.39 is 6.10 Å². The fourth-order valence-corrected chi connectivity index (χ4v) is 1.36. The summed E-state index contributed by atoms with van der Waals surface area (Å²) >= 11 is 0. The van der Waals surface area contributed by atoms with Crippen LogP contribution in [0.15, 0.2) is 36.7 Å². The maximum Gasteiger partial charge on any atom is 0.0762 e. The maximum absolute atomic E-state index is 9.37. The second kappa shape index (κ2) is 3.15. The van der Waals surface area contributed by atoms with Crippen molar-refractivity contribution in [2.45, 2.75) is 13.0 Å². The van der Waals surface area contributed by atoms with Crippen LogP contribution in [0.3, 0.4) is 0 Å². The van der Waals surface area contributed by atoms with Crippen molar-refractivity contribution in [2.75, 3.05) is 0 Å². The molecule has 1 aromatic heterocycles. The number of aromatic nitrogens is 1. The van der Waals surface area contributed by atoms with Crippen molar-refractivity contribution >= 4 is 10.8 Å². The van der Waals surface area contributed by atoms with Gasteiger partial charge in [0, 0.05) is 17.8 Å². The summed E-state index contributed by atoms with van der Waals surface area (Å²) in [5.41, 5.74) is 0.943. The summed E-state index contributed by atoms with van der Waals surface area (Å²) in [6.45, 7) is 1.77. The molecule has 0 saturated heterocycles. The first-order valence-corrected chi connectivity index (χ1v) is 4.29. The molecule has 0 bridgehead atoms. The monoisotopic (exact) mass is 173 g/mol. The van der Waals surface area contributed by atoms with E-state index in [1.807, 2.05) is 30.5 Å². The zero-order valence-electron chi connectivity index (χ0n) is 7.44. The van der Waals surface area contributed by atoms with Gasteiger partial charge in [0.25, 0.3) is 0 Å². The van der Waals surface area contributed by atoms with E-state index in [9.17, 15) is 5.11 Å². The predicted molar refractivity (Wildman–Crippen MR) is 52.4 cm³/mol. The maximum atomic E-state index is 9.37. The largest absolute Gasteiger partial charge is 0.389 e. The Morgan fingerprint density at radius 2 is 2.08 bits per heavy atom. The van der Waals surface area contributed by atoms with Crippen LogP contribution in [-0.2, 0) is 0 Å². The van der Waals surface area contributed by atoms with Gasteiger partial charge in [-0.05, 0) is 30.0 Å². The van der Waals surface area contributed by atoms with Crippen molar-refractivity contribution in [3.05, 3.63) is 42.2 Å². The molecule has 0 aliphatic heterocycles. The molecule has 1 atom stereocenters. The molecule has 66 valence electrons. The first kappa shape index (κ1) is 8.20. The molecule has 0 aliphatic carbocycles. The number of benzene rings is 1. The third-order valence-electron chi connectivity index (χ3n) is 2.15. The van der Waals surface area contributed by atoms with Crippen molar-refractivity contribution in [1.82, 2.24) is 4.98 Å². The molecule has 0 fully saturated rings. The van der Waals surface area contributed by atoms with Gasteiger partial charge in [-0.1, -0.05) is 12.1 Å². The average molecular weight is 173 g/mol. The average Bonchev–Trinajstić information content (AvgIpc) is 2.17. The van der Waals surface area contributed by atoms with E-state index in [1.165, 1.54) is 0 Å². The number of hydrogen-bond donors (Lipinski definition) is 1. The Balaban J connectivity index is 2.62. The second-order valence-corrected chi connectivity index (χ2v) is 3.16. The molecule has 2 heteroatoms. The van der Waals surface area contributed by atoms with E-state index in [-0.39, 0.29) is 0 Å². The molecule has 2 nitrogen and oxygen atoms in total. The van der Waals surface area contributed by atoms with E-state index in [2.05, 4.69) is 4.98 Å². The summed E-state index contributed by atoms with van der Waals surface area (Å²) in [5.74, 6) is 0. The Hall–Kier alpha value is -1.41. The molecule has 1 aromatic carbocycles. The standard InChI is InChI=1S/C11H11NO/c1-8(13)9-2-3-11-7-12-5-4-10(11)6-9/h2-8,13H,1H3. The SMILES string of the molecule is CC(O)c1ccc2cnccc2c1. The Morgan fingerprint density at radius 3 is 2.85 bits per heavy atom. The van der Waals surface area contributed by atoms with Crippen LogP contribution < -0.4 is 0 Å². The molecule has 0 spiro atoms. The number of nitrogens with zero attached hydrogens (tertiary/aromatic N) is 1. The number of fused-ring (bicyclic) bond motifs is 1. The second-order valence-electron chi connectivity index (χ2n) is 3.16. The van der Waals surface area contributed by atoms with Gasteiger partial charge in [0.15, 0.2) is 0 Å². The summed E-state index contributed by atoms with van der Waals surface area (Å²) in [7, 11) is 0. The molecule has 0 radical (unpaired) electrons. The summed E-state index contributed by atoms with van der Waals surface area (Å²) in [5, 5.41) is 11.6. The smallest absolute Gasteiger partial charge is 0.0762 e. The first-order chi connectivity index (χ1) is 6.27. The molecule has 0 aliphatic rings. The van der Waals surface area contributed by atoms with E-state index in [0.717, 1.165) is 16.3 Å². The van der Waals surface area contributed by atoms with Gasteiger partial charge in [-0.2, -0.15) is 0 Å². The lowest BCUT2D eigenvalue weighted by Gasteiger charge is -2.05. The highest BCUT2D eigenvalue weighted by Gasteiger charge is 2.00. The molecule has 1 N–H and O–H groups in total. The molecular weight excluding hydrogens is 162 g/mol. The zero-order chi connectivity index (χ0) is 9.26. The number of rotatable bonds is 1. The van der Waals surface area contributed by atoms with Gasteiger partial charge in [-0.3, -0.25) is 4.98 Å². The fraction of sp³-hybridized carbons (Fsp3) is 0.182. The lowest BCUT2D eigenvalue weighted by Crippen LogP contribution is -1.90. The van der Waals surface area contributed by atoms with E-state index in [0.29, 0.717) is 0 Å². The van der Waals surface area contributed by atoms with Crippen LogP contribution in [0.4, 0.5) is 0 Å². The molecular formula is C11H11NO. The predicted octanol–water partition coefficient (Wildman–Crippen LogP) is 2.29. The normalized spacial score (nSPS) is 13.1. The van der Waals surface area contributed by atoms with Crippen molar-refractivity contribution in [1.29, 1.82) is 0 Å². The number of aliphatic hydroxyl groups excluding tert-OH is 1. The lowest BCUT2D eigenvalue weighted by molar-refractivity contribution is 0.199. The quantitative estimate of drug-likeness (QED) is 0.717. The minimum absolute atomic E-state index is 0.405. The Kier molecular flexibility index (Phi) is 1.99. The molecule has 13 heavy (non-hydrogen) atoms. The minimum Gasteiger partial charge on any atom is -0.389 e. The van der Waals surface area contributed by atoms with E-state index >= 15 is 0 Å². The highest BCUT2D eigenvalue weighted by molar-refractivity contribution is 5.82. The van der Waals surface area contributed by atoms with Gasteiger partial charge in [-0.25, -0.2) is 0 Å². The zero-order valence-corrected chi connectivity index (χ0v) is 7.44.